The lowest BCUT2D eigenvalue weighted by Gasteiger charge is -2.15. The first kappa shape index (κ1) is 16.2. The molecule has 0 radical (unpaired) electrons. The maximum atomic E-state index is 11.6. The minimum atomic E-state index is -0.492. The number of hydrogen-bond acceptors (Lipinski definition) is 2. The molecule has 0 aliphatic carbocycles. The third kappa shape index (κ3) is 3.84. The number of nitrogens with two attached hydrogens (primary N) is 1. The van der Waals surface area contributed by atoms with Crippen LogP contribution in [0.15, 0.2) is 53.6 Å². The van der Waals surface area contributed by atoms with Gasteiger partial charge in [0.2, 0.25) is 5.91 Å². The lowest BCUT2D eigenvalue weighted by atomic mass is 10.0. The number of rotatable bonds is 7. The van der Waals surface area contributed by atoms with Gasteiger partial charge < -0.3 is 10.5 Å². The van der Waals surface area contributed by atoms with E-state index in [1.54, 1.807) is 18.2 Å². The molecule has 4 heteroatoms. The van der Waals surface area contributed by atoms with Crippen LogP contribution in [0.3, 0.4) is 0 Å². The first-order chi connectivity index (χ1) is 9.54. The molecule has 0 saturated carbocycles. The Labute approximate surface area is 127 Å². The molecule has 0 fully saturated rings. The zero-order valence-corrected chi connectivity index (χ0v) is 13.1. The fourth-order valence-corrected chi connectivity index (χ4v) is 2.34. The zero-order valence-electron chi connectivity index (χ0n) is 11.5. The maximum Gasteiger partial charge on any atom is 0.250 e. The number of hydrogen-bond donors (Lipinski definition) is 1. The van der Waals surface area contributed by atoms with Crippen LogP contribution in [-0.2, 0) is 6.42 Å². The second kappa shape index (κ2) is 7.70. The number of primary amides is 1. The van der Waals surface area contributed by atoms with Crippen LogP contribution < -0.4 is 10.5 Å². The summed E-state index contributed by atoms with van der Waals surface area (Å²) >= 11 is 3.34. The molecule has 0 unspecified atom stereocenters. The van der Waals surface area contributed by atoms with Crippen LogP contribution in [0.1, 0.15) is 22.8 Å². The largest absolute Gasteiger partial charge is 0.489 e. The van der Waals surface area contributed by atoms with Crippen molar-refractivity contribution in [2.45, 2.75) is 13.3 Å². The van der Waals surface area contributed by atoms with Gasteiger partial charge in [-0.2, -0.15) is 0 Å². The van der Waals surface area contributed by atoms with E-state index >= 15 is 0 Å². The van der Waals surface area contributed by atoms with E-state index in [1.165, 1.54) is 0 Å². The summed E-state index contributed by atoms with van der Waals surface area (Å²) in [7, 11) is 0. The molecule has 0 saturated heterocycles. The summed E-state index contributed by atoms with van der Waals surface area (Å²) in [6, 6.07) is 3.57. The van der Waals surface area contributed by atoms with E-state index in [4.69, 9.17) is 10.5 Å². The molecular formula is C16H18BrNO2. The maximum absolute atomic E-state index is 11.6. The Morgan fingerprint density at radius 2 is 2.15 bits per heavy atom. The van der Waals surface area contributed by atoms with Gasteiger partial charge in [-0.1, -0.05) is 24.8 Å². The van der Waals surface area contributed by atoms with E-state index in [0.29, 0.717) is 28.8 Å². The van der Waals surface area contributed by atoms with Crippen molar-refractivity contribution in [1.82, 2.24) is 0 Å². The van der Waals surface area contributed by atoms with Gasteiger partial charge in [-0.05, 0) is 47.0 Å². The molecule has 2 N–H and O–H groups in total. The Kier molecular flexibility index (Phi) is 6.25. The smallest absolute Gasteiger partial charge is 0.250 e. The molecule has 0 aromatic heterocycles. The highest BCUT2D eigenvalue weighted by Crippen LogP contribution is 2.30. The number of carbonyl (C=O) groups is 1. The molecule has 1 rings (SSSR count). The van der Waals surface area contributed by atoms with Gasteiger partial charge in [-0.25, -0.2) is 0 Å². The molecule has 1 aromatic carbocycles. The predicted octanol–water partition coefficient (Wildman–Crippen LogP) is 3.79. The fourth-order valence-electron chi connectivity index (χ4n) is 1.77. The quantitative estimate of drug-likeness (QED) is 0.608. The van der Waals surface area contributed by atoms with Crippen molar-refractivity contribution < 1.29 is 9.53 Å². The van der Waals surface area contributed by atoms with Crippen LogP contribution in [0.25, 0.3) is 0 Å². The monoisotopic (exact) mass is 335 g/mol. The summed E-state index contributed by atoms with van der Waals surface area (Å²) in [6.07, 6.45) is 5.88. The molecule has 0 bridgehead atoms. The molecule has 0 aliphatic rings. The van der Waals surface area contributed by atoms with E-state index in [1.807, 2.05) is 19.1 Å². The Hall–Kier alpha value is -1.81. The van der Waals surface area contributed by atoms with Gasteiger partial charge in [0, 0.05) is 10.0 Å². The lowest BCUT2D eigenvalue weighted by molar-refractivity contribution is 0.0998. The summed E-state index contributed by atoms with van der Waals surface area (Å²) in [5, 5.41) is 0. The molecule has 20 heavy (non-hydrogen) atoms. The summed E-state index contributed by atoms with van der Waals surface area (Å²) in [5.74, 6) is 0.136. The second-order valence-corrected chi connectivity index (χ2v) is 4.97. The summed E-state index contributed by atoms with van der Waals surface area (Å²) in [6.45, 7) is 9.73. The van der Waals surface area contributed by atoms with Gasteiger partial charge in [0.05, 0.1) is 5.56 Å². The van der Waals surface area contributed by atoms with Gasteiger partial charge in [0.1, 0.15) is 12.4 Å². The molecule has 3 nitrogen and oxygen atoms in total. The third-order valence-corrected chi connectivity index (χ3v) is 3.50. The molecule has 0 aliphatic heterocycles. The molecule has 1 amide bonds. The molecule has 106 valence electrons. The van der Waals surface area contributed by atoms with Crippen LogP contribution >= 0.6 is 15.9 Å². The van der Waals surface area contributed by atoms with Gasteiger partial charge in [-0.15, -0.1) is 6.58 Å². The van der Waals surface area contributed by atoms with Gasteiger partial charge in [-0.3, -0.25) is 4.79 Å². The fraction of sp³-hybridized carbons (Fsp3) is 0.188. The van der Waals surface area contributed by atoms with Crippen molar-refractivity contribution in [2.24, 2.45) is 5.73 Å². The van der Waals surface area contributed by atoms with Gasteiger partial charge in [0.25, 0.3) is 0 Å². The second-order valence-electron chi connectivity index (χ2n) is 4.11. The first-order valence-corrected chi connectivity index (χ1v) is 6.96. The predicted molar refractivity (Wildman–Crippen MR) is 86.0 cm³/mol. The van der Waals surface area contributed by atoms with Gasteiger partial charge in [0.15, 0.2) is 0 Å². The molecule has 1 aromatic rings. The normalized spacial score (nSPS) is 11.0. The lowest BCUT2D eigenvalue weighted by Crippen LogP contribution is -2.16. The Bertz CT molecular complexity index is 562. The Morgan fingerprint density at radius 3 is 2.65 bits per heavy atom. The molecule has 0 spiro atoms. The first-order valence-electron chi connectivity index (χ1n) is 6.17. The van der Waals surface area contributed by atoms with Crippen molar-refractivity contribution in [3.63, 3.8) is 0 Å². The highest BCUT2D eigenvalue weighted by molar-refractivity contribution is 9.10. The van der Waals surface area contributed by atoms with E-state index in [9.17, 15) is 4.79 Å². The van der Waals surface area contributed by atoms with Crippen molar-refractivity contribution in [3.05, 3.63) is 64.7 Å². The minimum Gasteiger partial charge on any atom is -0.489 e. The van der Waals surface area contributed by atoms with Crippen molar-refractivity contribution >= 4 is 21.8 Å². The average molecular weight is 336 g/mol. The number of benzene rings is 1. The summed E-state index contributed by atoms with van der Waals surface area (Å²) in [4.78, 5) is 11.6. The standard InChI is InChI=1S/C16H18BrNO2/c1-4-7-12-14(20-10-11(5-2)6-3)9-8-13(17)15(12)16(18)19/h4-6,8-9H,1-2,7,10H2,3H3,(H2,18,19)/b11-6+. The summed E-state index contributed by atoms with van der Waals surface area (Å²) in [5.41, 5.74) is 7.58. The van der Waals surface area contributed by atoms with E-state index < -0.39 is 5.91 Å². The Balaban J connectivity index is 3.19. The Morgan fingerprint density at radius 1 is 1.45 bits per heavy atom. The topological polar surface area (TPSA) is 52.3 Å². The van der Waals surface area contributed by atoms with Crippen molar-refractivity contribution in [3.8, 4) is 5.75 Å². The average Bonchev–Trinajstić information content (AvgIpc) is 2.42. The minimum absolute atomic E-state index is 0.393. The SMILES string of the molecule is C=CCc1c(OC/C(C=C)=C/C)ccc(Br)c1C(N)=O. The van der Waals surface area contributed by atoms with Crippen LogP contribution in [0.2, 0.25) is 0 Å². The van der Waals surface area contributed by atoms with E-state index in [2.05, 4.69) is 29.1 Å². The van der Waals surface area contributed by atoms with Crippen LogP contribution in [0, 0.1) is 0 Å². The van der Waals surface area contributed by atoms with Crippen LogP contribution in [0.4, 0.5) is 0 Å². The van der Waals surface area contributed by atoms with E-state index in [-0.39, 0.29) is 0 Å². The number of allylic oxidation sites excluding steroid dienone is 2. The van der Waals surface area contributed by atoms with Crippen molar-refractivity contribution in [1.29, 1.82) is 0 Å². The van der Waals surface area contributed by atoms with Crippen LogP contribution in [0.5, 0.6) is 5.75 Å². The highest BCUT2D eigenvalue weighted by atomic mass is 79.9. The zero-order chi connectivity index (χ0) is 15.1. The molecule has 0 atom stereocenters. The van der Waals surface area contributed by atoms with E-state index in [0.717, 1.165) is 11.1 Å². The number of ether oxygens (including phenoxy) is 1. The molecule has 0 heterocycles. The summed E-state index contributed by atoms with van der Waals surface area (Å²) < 4.78 is 6.42. The highest BCUT2D eigenvalue weighted by Gasteiger charge is 2.16. The number of amides is 1. The molecular weight excluding hydrogens is 318 g/mol. The van der Waals surface area contributed by atoms with Crippen molar-refractivity contribution in [2.75, 3.05) is 6.61 Å². The number of halogens is 1. The third-order valence-electron chi connectivity index (χ3n) is 2.84. The van der Waals surface area contributed by atoms with Gasteiger partial charge >= 0.3 is 0 Å². The number of carbonyl (C=O) groups excluding carboxylic acids is 1. The van der Waals surface area contributed by atoms with Crippen LogP contribution in [-0.4, -0.2) is 12.5 Å².